The van der Waals surface area contributed by atoms with Gasteiger partial charge in [-0.25, -0.2) is 0 Å². The topological polar surface area (TPSA) is 30.5 Å². The zero-order valence-corrected chi connectivity index (χ0v) is 12.4. The number of ether oxygens (including phenoxy) is 2. The van der Waals surface area contributed by atoms with E-state index in [0.29, 0.717) is 5.92 Å². The maximum atomic E-state index is 5.76. The molecule has 0 aliphatic rings. The highest BCUT2D eigenvalue weighted by Gasteiger charge is 2.06. The molecule has 0 saturated carbocycles. The third kappa shape index (κ3) is 6.48. The van der Waals surface area contributed by atoms with E-state index in [4.69, 9.17) is 9.47 Å². The quantitative estimate of drug-likeness (QED) is 0.657. The number of methoxy groups -OCH3 is 1. The third-order valence-corrected chi connectivity index (χ3v) is 3.29. The molecule has 1 unspecified atom stereocenters. The van der Waals surface area contributed by atoms with Crippen molar-refractivity contribution >= 4 is 0 Å². The van der Waals surface area contributed by atoms with Gasteiger partial charge < -0.3 is 14.8 Å². The van der Waals surface area contributed by atoms with Gasteiger partial charge in [-0.05, 0) is 56.1 Å². The molecule has 0 amide bonds. The van der Waals surface area contributed by atoms with Crippen LogP contribution in [0.15, 0.2) is 24.3 Å². The van der Waals surface area contributed by atoms with Crippen molar-refractivity contribution in [1.29, 1.82) is 0 Å². The van der Waals surface area contributed by atoms with Crippen LogP contribution in [-0.4, -0.2) is 26.8 Å². The van der Waals surface area contributed by atoms with E-state index in [2.05, 4.69) is 19.2 Å². The van der Waals surface area contributed by atoms with Crippen molar-refractivity contribution in [3.63, 3.8) is 0 Å². The molecule has 0 heterocycles. The number of nitrogens with one attached hydrogen (secondary N) is 1. The average molecular weight is 265 g/mol. The molecule has 1 aromatic rings. The molecule has 1 N–H and O–H groups in total. The maximum absolute atomic E-state index is 5.76. The first-order valence-electron chi connectivity index (χ1n) is 7.27. The second-order valence-corrected chi connectivity index (χ2v) is 4.79. The summed E-state index contributed by atoms with van der Waals surface area (Å²) in [6, 6.07) is 7.76. The molecule has 3 heteroatoms. The summed E-state index contributed by atoms with van der Waals surface area (Å²) in [5, 5.41) is 3.48. The maximum Gasteiger partial charge on any atom is 0.119 e. The molecular weight excluding hydrogens is 238 g/mol. The molecule has 19 heavy (non-hydrogen) atoms. The minimum atomic E-state index is 0.699. The van der Waals surface area contributed by atoms with Crippen LogP contribution in [0.5, 0.6) is 11.5 Å². The summed E-state index contributed by atoms with van der Waals surface area (Å²) in [6.07, 6.45) is 3.49. The van der Waals surface area contributed by atoms with E-state index in [1.54, 1.807) is 7.11 Å². The molecule has 1 aromatic carbocycles. The summed E-state index contributed by atoms with van der Waals surface area (Å²) in [6.45, 7) is 7.41. The molecule has 0 saturated heterocycles. The van der Waals surface area contributed by atoms with Crippen LogP contribution in [-0.2, 0) is 0 Å². The SMILES string of the molecule is CCCNCC(CC)CCOc1ccc(OC)cc1. The Labute approximate surface area is 117 Å². The molecule has 0 aromatic heterocycles. The lowest BCUT2D eigenvalue weighted by Gasteiger charge is -2.16. The third-order valence-electron chi connectivity index (χ3n) is 3.29. The first kappa shape index (κ1) is 15.8. The Morgan fingerprint density at radius 1 is 1.11 bits per heavy atom. The van der Waals surface area contributed by atoms with E-state index in [-0.39, 0.29) is 0 Å². The van der Waals surface area contributed by atoms with Gasteiger partial charge in [-0.1, -0.05) is 20.3 Å². The zero-order chi connectivity index (χ0) is 13.9. The van der Waals surface area contributed by atoms with Crippen molar-refractivity contribution in [3.8, 4) is 11.5 Å². The Hall–Kier alpha value is -1.22. The number of hydrogen-bond donors (Lipinski definition) is 1. The highest BCUT2D eigenvalue weighted by atomic mass is 16.5. The van der Waals surface area contributed by atoms with Gasteiger partial charge in [-0.2, -0.15) is 0 Å². The fraction of sp³-hybridized carbons (Fsp3) is 0.625. The first-order chi connectivity index (χ1) is 9.30. The lowest BCUT2D eigenvalue weighted by molar-refractivity contribution is 0.271. The van der Waals surface area contributed by atoms with E-state index < -0.39 is 0 Å². The van der Waals surface area contributed by atoms with Crippen molar-refractivity contribution in [2.24, 2.45) is 5.92 Å². The predicted octanol–water partition coefficient (Wildman–Crippen LogP) is 3.49. The molecule has 0 fully saturated rings. The van der Waals surface area contributed by atoms with E-state index >= 15 is 0 Å². The van der Waals surface area contributed by atoms with Gasteiger partial charge in [0.25, 0.3) is 0 Å². The van der Waals surface area contributed by atoms with Gasteiger partial charge >= 0.3 is 0 Å². The molecule has 1 atom stereocenters. The van der Waals surface area contributed by atoms with Crippen LogP contribution in [0.2, 0.25) is 0 Å². The number of hydrogen-bond acceptors (Lipinski definition) is 3. The van der Waals surface area contributed by atoms with E-state index in [0.717, 1.165) is 37.6 Å². The number of benzene rings is 1. The zero-order valence-electron chi connectivity index (χ0n) is 12.4. The highest BCUT2D eigenvalue weighted by Crippen LogP contribution is 2.17. The van der Waals surface area contributed by atoms with Crippen molar-refractivity contribution in [3.05, 3.63) is 24.3 Å². The Bertz CT molecular complexity index is 324. The first-order valence-corrected chi connectivity index (χ1v) is 7.27. The van der Waals surface area contributed by atoms with E-state index in [9.17, 15) is 0 Å². The van der Waals surface area contributed by atoms with Crippen molar-refractivity contribution in [1.82, 2.24) is 5.32 Å². The fourth-order valence-electron chi connectivity index (χ4n) is 1.95. The molecule has 0 bridgehead atoms. The molecule has 1 rings (SSSR count). The fourth-order valence-corrected chi connectivity index (χ4v) is 1.95. The van der Waals surface area contributed by atoms with Crippen LogP contribution < -0.4 is 14.8 Å². The normalized spacial score (nSPS) is 12.2. The van der Waals surface area contributed by atoms with Gasteiger partial charge in [-0.15, -0.1) is 0 Å². The second kappa shape index (κ2) is 9.68. The summed E-state index contributed by atoms with van der Waals surface area (Å²) in [7, 11) is 1.67. The monoisotopic (exact) mass is 265 g/mol. The molecule has 0 radical (unpaired) electrons. The molecule has 3 nitrogen and oxygen atoms in total. The summed E-state index contributed by atoms with van der Waals surface area (Å²) in [5.74, 6) is 2.48. The van der Waals surface area contributed by atoms with Gasteiger partial charge in [0.15, 0.2) is 0 Å². The van der Waals surface area contributed by atoms with Crippen molar-refractivity contribution in [2.45, 2.75) is 33.1 Å². The van der Waals surface area contributed by atoms with Crippen molar-refractivity contribution < 1.29 is 9.47 Å². The van der Waals surface area contributed by atoms with Crippen LogP contribution in [0.3, 0.4) is 0 Å². The van der Waals surface area contributed by atoms with Gasteiger partial charge in [0.1, 0.15) is 11.5 Å². The molecule has 0 aliphatic heterocycles. The van der Waals surface area contributed by atoms with Crippen LogP contribution in [0.1, 0.15) is 33.1 Å². The molecular formula is C16H27NO2. The highest BCUT2D eigenvalue weighted by molar-refractivity contribution is 5.31. The standard InChI is InChI=1S/C16H27NO2/c1-4-11-17-13-14(5-2)10-12-19-16-8-6-15(18-3)7-9-16/h6-9,14,17H,4-5,10-13H2,1-3H3. The Balaban J connectivity index is 2.23. The minimum Gasteiger partial charge on any atom is -0.497 e. The van der Waals surface area contributed by atoms with Gasteiger partial charge in [0, 0.05) is 0 Å². The van der Waals surface area contributed by atoms with Gasteiger partial charge in [0.2, 0.25) is 0 Å². The van der Waals surface area contributed by atoms with Gasteiger partial charge in [0.05, 0.1) is 13.7 Å². The lowest BCUT2D eigenvalue weighted by Crippen LogP contribution is -2.24. The molecule has 0 spiro atoms. The van der Waals surface area contributed by atoms with Crippen LogP contribution in [0.4, 0.5) is 0 Å². The Morgan fingerprint density at radius 2 is 1.79 bits per heavy atom. The largest absolute Gasteiger partial charge is 0.497 e. The Morgan fingerprint density at radius 3 is 2.37 bits per heavy atom. The van der Waals surface area contributed by atoms with Crippen LogP contribution in [0.25, 0.3) is 0 Å². The lowest BCUT2D eigenvalue weighted by atomic mass is 10.0. The number of rotatable bonds is 10. The van der Waals surface area contributed by atoms with E-state index in [1.807, 2.05) is 24.3 Å². The summed E-state index contributed by atoms with van der Waals surface area (Å²) < 4.78 is 10.9. The Kier molecular flexibility index (Phi) is 8.07. The second-order valence-electron chi connectivity index (χ2n) is 4.79. The van der Waals surface area contributed by atoms with Crippen LogP contribution in [0, 0.1) is 5.92 Å². The summed E-state index contributed by atoms with van der Waals surface area (Å²) in [5.41, 5.74) is 0. The van der Waals surface area contributed by atoms with Gasteiger partial charge in [-0.3, -0.25) is 0 Å². The van der Waals surface area contributed by atoms with E-state index in [1.165, 1.54) is 12.8 Å². The average Bonchev–Trinajstić information content (AvgIpc) is 2.46. The summed E-state index contributed by atoms with van der Waals surface area (Å²) in [4.78, 5) is 0. The smallest absolute Gasteiger partial charge is 0.119 e. The molecule has 0 aliphatic carbocycles. The van der Waals surface area contributed by atoms with Crippen molar-refractivity contribution in [2.75, 3.05) is 26.8 Å². The summed E-state index contributed by atoms with van der Waals surface area (Å²) >= 11 is 0. The minimum absolute atomic E-state index is 0.699. The molecule has 108 valence electrons. The predicted molar refractivity (Wildman–Crippen MR) is 80.0 cm³/mol. The van der Waals surface area contributed by atoms with Crippen LogP contribution >= 0.6 is 0 Å².